The predicted octanol–water partition coefficient (Wildman–Crippen LogP) is 3.71. The van der Waals surface area contributed by atoms with Crippen LogP contribution in [0.3, 0.4) is 0 Å². The van der Waals surface area contributed by atoms with Crippen molar-refractivity contribution in [3.05, 3.63) is 37.5 Å². The number of rotatable bonds is 2. The van der Waals surface area contributed by atoms with E-state index in [9.17, 15) is 4.79 Å². The van der Waals surface area contributed by atoms with E-state index in [1.165, 1.54) is 22.9 Å². The maximum absolute atomic E-state index is 12.0. The third-order valence-electron chi connectivity index (χ3n) is 1.96. The van der Waals surface area contributed by atoms with E-state index in [-0.39, 0.29) is 5.78 Å². The van der Waals surface area contributed by atoms with E-state index in [1.807, 2.05) is 19.2 Å². The second kappa shape index (κ2) is 4.04. The minimum atomic E-state index is -0.0244. The van der Waals surface area contributed by atoms with Crippen LogP contribution in [0.15, 0.2) is 11.4 Å². The van der Waals surface area contributed by atoms with E-state index in [1.54, 1.807) is 6.07 Å². The number of aryl methyl sites for hydroxylation is 2. The van der Waals surface area contributed by atoms with Crippen molar-refractivity contribution in [1.29, 1.82) is 0 Å². The number of carbonyl (C=O) groups is 1. The summed E-state index contributed by atoms with van der Waals surface area (Å²) in [6.45, 7) is 3.77. The standard InChI is InChI=1S/C10H8ClNOS2/c1-5-4-14-10(8(5)11)9(13)7-3-6(2)12-15-7/h3-4H,1-2H3. The first kappa shape index (κ1) is 10.8. The maximum Gasteiger partial charge on any atom is 0.216 e. The third kappa shape index (κ3) is 1.97. The fraction of sp³-hybridized carbons (Fsp3) is 0.200. The summed E-state index contributed by atoms with van der Waals surface area (Å²) in [7, 11) is 0. The zero-order valence-corrected chi connectivity index (χ0v) is 10.6. The summed E-state index contributed by atoms with van der Waals surface area (Å²) in [6, 6.07) is 1.79. The minimum Gasteiger partial charge on any atom is -0.287 e. The van der Waals surface area contributed by atoms with Gasteiger partial charge in [-0.3, -0.25) is 4.79 Å². The molecule has 0 bridgehead atoms. The Bertz CT molecular complexity index is 515. The summed E-state index contributed by atoms with van der Waals surface area (Å²) in [5.74, 6) is -0.0244. The number of hydrogen-bond acceptors (Lipinski definition) is 4. The lowest BCUT2D eigenvalue weighted by atomic mass is 10.2. The quantitative estimate of drug-likeness (QED) is 0.768. The fourth-order valence-corrected chi connectivity index (χ4v) is 3.17. The molecule has 2 aromatic rings. The van der Waals surface area contributed by atoms with Crippen molar-refractivity contribution in [3.63, 3.8) is 0 Å². The Kier molecular flexibility index (Phi) is 2.91. The zero-order valence-electron chi connectivity index (χ0n) is 8.20. The molecular weight excluding hydrogens is 250 g/mol. The van der Waals surface area contributed by atoms with Gasteiger partial charge in [0.05, 0.1) is 20.5 Å². The Balaban J connectivity index is 2.41. The van der Waals surface area contributed by atoms with E-state index in [0.717, 1.165) is 11.3 Å². The van der Waals surface area contributed by atoms with Gasteiger partial charge in [-0.25, -0.2) is 0 Å². The fourth-order valence-electron chi connectivity index (χ4n) is 1.17. The molecule has 0 radical (unpaired) electrons. The van der Waals surface area contributed by atoms with Gasteiger partial charge < -0.3 is 0 Å². The first-order valence-corrected chi connectivity index (χ1v) is 6.34. The number of aromatic nitrogens is 1. The summed E-state index contributed by atoms with van der Waals surface area (Å²) in [5, 5.41) is 2.46. The monoisotopic (exact) mass is 257 g/mol. The van der Waals surface area contributed by atoms with Gasteiger partial charge in [0.25, 0.3) is 0 Å². The van der Waals surface area contributed by atoms with Gasteiger partial charge in [0.15, 0.2) is 0 Å². The van der Waals surface area contributed by atoms with Crippen LogP contribution >= 0.6 is 34.5 Å². The first-order chi connectivity index (χ1) is 7.09. The Morgan fingerprint density at radius 1 is 1.47 bits per heavy atom. The molecule has 0 aliphatic rings. The highest BCUT2D eigenvalue weighted by Crippen LogP contribution is 2.30. The van der Waals surface area contributed by atoms with E-state index in [4.69, 9.17) is 11.6 Å². The molecule has 0 unspecified atom stereocenters. The minimum absolute atomic E-state index is 0.0244. The molecule has 0 aliphatic carbocycles. The average molecular weight is 258 g/mol. The molecule has 2 heterocycles. The third-order valence-corrected chi connectivity index (χ3v) is 4.53. The van der Waals surface area contributed by atoms with Gasteiger partial charge in [-0.15, -0.1) is 11.3 Å². The van der Waals surface area contributed by atoms with Gasteiger partial charge in [-0.2, -0.15) is 4.37 Å². The van der Waals surface area contributed by atoms with Crippen LogP contribution in [0.25, 0.3) is 0 Å². The number of hydrogen-bond donors (Lipinski definition) is 0. The highest BCUT2D eigenvalue weighted by Gasteiger charge is 2.18. The lowest BCUT2D eigenvalue weighted by molar-refractivity contribution is 0.104. The van der Waals surface area contributed by atoms with Crippen LogP contribution in [0.1, 0.15) is 25.8 Å². The van der Waals surface area contributed by atoms with Crippen LogP contribution in [0.4, 0.5) is 0 Å². The highest BCUT2D eigenvalue weighted by molar-refractivity contribution is 7.15. The van der Waals surface area contributed by atoms with Gasteiger partial charge in [0.2, 0.25) is 5.78 Å². The largest absolute Gasteiger partial charge is 0.287 e. The smallest absolute Gasteiger partial charge is 0.216 e. The lowest BCUT2D eigenvalue weighted by Crippen LogP contribution is -1.95. The van der Waals surface area contributed by atoms with Crippen molar-refractivity contribution < 1.29 is 4.79 Å². The SMILES string of the molecule is Cc1cc(C(=O)c2scc(C)c2Cl)sn1. The number of nitrogens with zero attached hydrogens (tertiary/aromatic N) is 1. The topological polar surface area (TPSA) is 30.0 Å². The van der Waals surface area contributed by atoms with E-state index in [0.29, 0.717) is 14.8 Å². The summed E-state index contributed by atoms with van der Waals surface area (Å²) < 4.78 is 4.08. The highest BCUT2D eigenvalue weighted by atomic mass is 35.5. The molecule has 0 N–H and O–H groups in total. The van der Waals surface area contributed by atoms with Crippen molar-refractivity contribution in [3.8, 4) is 0 Å². The molecular formula is C10H8ClNOS2. The van der Waals surface area contributed by atoms with E-state index < -0.39 is 0 Å². The Morgan fingerprint density at radius 2 is 2.20 bits per heavy atom. The Morgan fingerprint density at radius 3 is 2.67 bits per heavy atom. The van der Waals surface area contributed by atoms with Gasteiger partial charge in [0.1, 0.15) is 0 Å². The molecule has 2 aromatic heterocycles. The zero-order chi connectivity index (χ0) is 11.0. The lowest BCUT2D eigenvalue weighted by Gasteiger charge is -1.93. The van der Waals surface area contributed by atoms with Gasteiger partial charge in [0, 0.05) is 0 Å². The van der Waals surface area contributed by atoms with Gasteiger partial charge >= 0.3 is 0 Å². The molecule has 0 saturated heterocycles. The molecule has 2 nitrogen and oxygen atoms in total. The van der Waals surface area contributed by atoms with Crippen LogP contribution in [-0.2, 0) is 0 Å². The number of halogens is 1. The molecule has 78 valence electrons. The summed E-state index contributed by atoms with van der Waals surface area (Å²) >= 11 is 8.64. The average Bonchev–Trinajstić information content (AvgIpc) is 2.75. The van der Waals surface area contributed by atoms with Gasteiger partial charge in [-0.1, -0.05) is 11.6 Å². The normalized spacial score (nSPS) is 10.6. The number of carbonyl (C=O) groups excluding carboxylic acids is 1. The van der Waals surface area contributed by atoms with Crippen molar-refractivity contribution in [1.82, 2.24) is 4.37 Å². The summed E-state index contributed by atoms with van der Waals surface area (Å²) in [5.41, 5.74) is 1.82. The van der Waals surface area contributed by atoms with Crippen LogP contribution in [0.5, 0.6) is 0 Å². The molecule has 2 rings (SSSR count). The second-order valence-corrected chi connectivity index (χ2v) is 5.29. The molecule has 5 heteroatoms. The van der Waals surface area contributed by atoms with Crippen molar-refractivity contribution in [2.75, 3.05) is 0 Å². The molecule has 0 spiro atoms. The van der Waals surface area contributed by atoms with E-state index >= 15 is 0 Å². The summed E-state index contributed by atoms with van der Waals surface area (Å²) in [4.78, 5) is 13.2. The maximum atomic E-state index is 12.0. The van der Waals surface area contributed by atoms with Crippen LogP contribution in [-0.4, -0.2) is 10.2 Å². The van der Waals surface area contributed by atoms with Crippen molar-refractivity contribution >= 4 is 40.3 Å². The van der Waals surface area contributed by atoms with Crippen molar-refractivity contribution in [2.24, 2.45) is 0 Å². The van der Waals surface area contributed by atoms with Crippen LogP contribution < -0.4 is 0 Å². The van der Waals surface area contributed by atoms with Gasteiger partial charge in [-0.05, 0) is 42.4 Å². The molecule has 0 atom stereocenters. The second-order valence-electron chi connectivity index (χ2n) is 3.22. The van der Waals surface area contributed by atoms with E-state index in [2.05, 4.69) is 4.37 Å². The number of thiophene rings is 1. The molecule has 0 amide bonds. The Labute approximate surface area is 101 Å². The van der Waals surface area contributed by atoms with Crippen molar-refractivity contribution in [2.45, 2.75) is 13.8 Å². The van der Waals surface area contributed by atoms with Crippen LogP contribution in [0, 0.1) is 13.8 Å². The molecule has 0 fully saturated rings. The Hall–Kier alpha value is -0.710. The molecule has 0 saturated carbocycles. The molecule has 15 heavy (non-hydrogen) atoms. The molecule has 0 aliphatic heterocycles. The first-order valence-electron chi connectivity index (χ1n) is 4.31. The number of ketones is 1. The predicted molar refractivity (Wildman–Crippen MR) is 64.3 cm³/mol. The molecule has 0 aromatic carbocycles. The summed E-state index contributed by atoms with van der Waals surface area (Å²) in [6.07, 6.45) is 0. The van der Waals surface area contributed by atoms with Crippen LogP contribution in [0.2, 0.25) is 5.02 Å².